The first kappa shape index (κ1) is 26.3. The first-order valence-electron chi connectivity index (χ1n) is 10.8. The Bertz CT molecular complexity index is 868. The summed E-state index contributed by atoms with van der Waals surface area (Å²) in [5, 5.41) is 10.8. The van der Waals surface area contributed by atoms with Gasteiger partial charge in [0.05, 0.1) is 7.11 Å². The second-order valence-corrected chi connectivity index (χ2v) is 8.11. The van der Waals surface area contributed by atoms with Crippen LogP contribution in [0.5, 0.6) is 5.75 Å². The summed E-state index contributed by atoms with van der Waals surface area (Å²) in [6, 6.07) is 5.52. The molecule has 1 fully saturated rings. The van der Waals surface area contributed by atoms with Crippen molar-refractivity contribution in [2.24, 2.45) is 4.99 Å². The average molecular weight is 560 g/mol. The number of aromatic nitrogens is 2. The topological polar surface area (TPSA) is 87.8 Å². The van der Waals surface area contributed by atoms with Gasteiger partial charge in [0.25, 0.3) is 0 Å². The smallest absolute Gasteiger partial charge is 0.228 e. The van der Waals surface area contributed by atoms with Crippen LogP contribution in [0.15, 0.2) is 27.7 Å². The summed E-state index contributed by atoms with van der Waals surface area (Å²) >= 11 is 0. The number of ether oxygens (including phenoxy) is 1. The monoisotopic (exact) mass is 560 g/mol. The first-order valence-corrected chi connectivity index (χ1v) is 10.8. The van der Waals surface area contributed by atoms with Crippen LogP contribution in [0.4, 0.5) is 4.39 Å². The molecule has 178 valence electrons. The predicted molar refractivity (Wildman–Crippen MR) is 133 cm³/mol. The minimum Gasteiger partial charge on any atom is -0.494 e. The third-order valence-electron chi connectivity index (χ3n) is 5.41. The van der Waals surface area contributed by atoms with Gasteiger partial charge in [0.1, 0.15) is 0 Å². The van der Waals surface area contributed by atoms with Gasteiger partial charge >= 0.3 is 0 Å². The van der Waals surface area contributed by atoms with E-state index in [2.05, 4.69) is 30.7 Å². The Kier molecular flexibility index (Phi) is 10.6. The van der Waals surface area contributed by atoms with E-state index < -0.39 is 0 Å². The number of methoxy groups -OCH3 is 1. The van der Waals surface area contributed by atoms with Gasteiger partial charge in [-0.2, -0.15) is 4.98 Å². The van der Waals surface area contributed by atoms with Crippen molar-refractivity contribution in [1.29, 1.82) is 0 Å². The Morgan fingerprint density at radius 3 is 2.69 bits per heavy atom. The van der Waals surface area contributed by atoms with Crippen LogP contribution >= 0.6 is 24.0 Å². The quantitative estimate of drug-likeness (QED) is 0.291. The van der Waals surface area contributed by atoms with E-state index in [0.29, 0.717) is 24.9 Å². The van der Waals surface area contributed by atoms with Gasteiger partial charge in [-0.25, -0.2) is 4.39 Å². The van der Waals surface area contributed by atoms with Gasteiger partial charge in [-0.05, 0) is 30.5 Å². The van der Waals surface area contributed by atoms with E-state index >= 15 is 0 Å². The number of benzene rings is 1. The zero-order valence-corrected chi connectivity index (χ0v) is 21.6. The van der Waals surface area contributed by atoms with Crippen LogP contribution in [0, 0.1) is 5.82 Å². The average Bonchev–Trinajstić information content (AvgIpc) is 3.24. The molecule has 0 spiro atoms. The molecular formula is C22H34FIN6O2. The number of halogens is 2. The van der Waals surface area contributed by atoms with Crippen molar-refractivity contribution in [3.05, 3.63) is 41.3 Å². The van der Waals surface area contributed by atoms with Crippen LogP contribution in [0.25, 0.3) is 0 Å². The fraction of sp³-hybridized carbons (Fsp3) is 0.591. The lowest BCUT2D eigenvalue weighted by atomic mass is 10.0. The van der Waals surface area contributed by atoms with E-state index in [1.807, 2.05) is 19.9 Å². The molecule has 1 aromatic heterocycles. The maximum atomic E-state index is 13.9. The zero-order chi connectivity index (χ0) is 22.2. The highest BCUT2D eigenvalue weighted by Gasteiger charge is 2.20. The zero-order valence-electron chi connectivity index (χ0n) is 19.2. The molecule has 2 N–H and O–H groups in total. The molecule has 1 aliphatic rings. The van der Waals surface area contributed by atoms with E-state index in [-0.39, 0.29) is 41.5 Å². The minimum atomic E-state index is -0.313. The molecule has 0 amide bonds. The number of guanidine groups is 1. The Balaban J connectivity index is 0.00000363. The fourth-order valence-electron chi connectivity index (χ4n) is 3.58. The van der Waals surface area contributed by atoms with E-state index in [4.69, 9.17) is 9.26 Å². The van der Waals surface area contributed by atoms with Crippen molar-refractivity contribution >= 4 is 29.9 Å². The van der Waals surface area contributed by atoms with Crippen LogP contribution in [-0.4, -0.2) is 60.8 Å². The van der Waals surface area contributed by atoms with E-state index in [0.717, 1.165) is 49.8 Å². The summed E-state index contributed by atoms with van der Waals surface area (Å²) in [6.07, 6.45) is 2.65. The number of nitrogens with one attached hydrogen (secondary N) is 2. The van der Waals surface area contributed by atoms with Crippen molar-refractivity contribution in [3.63, 3.8) is 0 Å². The summed E-state index contributed by atoms with van der Waals surface area (Å²) < 4.78 is 24.2. The van der Waals surface area contributed by atoms with Crippen molar-refractivity contribution < 1.29 is 13.7 Å². The lowest BCUT2D eigenvalue weighted by Gasteiger charge is -2.33. The van der Waals surface area contributed by atoms with Gasteiger partial charge < -0.3 is 19.9 Å². The van der Waals surface area contributed by atoms with Crippen LogP contribution in [0.1, 0.15) is 49.9 Å². The molecule has 0 bridgehead atoms. The van der Waals surface area contributed by atoms with Crippen LogP contribution < -0.4 is 15.4 Å². The number of likely N-dealkylation sites (tertiary alicyclic amines) is 1. The number of aliphatic imine (C=N–C) groups is 1. The number of nitrogens with zero attached hydrogens (tertiary/aromatic N) is 4. The van der Waals surface area contributed by atoms with Crippen molar-refractivity contribution in [1.82, 2.24) is 25.7 Å². The Labute approximate surface area is 206 Å². The second kappa shape index (κ2) is 12.9. The van der Waals surface area contributed by atoms with E-state index in [1.165, 1.54) is 7.11 Å². The molecule has 1 aromatic carbocycles. The van der Waals surface area contributed by atoms with Gasteiger partial charge in [0, 0.05) is 51.6 Å². The molecule has 32 heavy (non-hydrogen) atoms. The van der Waals surface area contributed by atoms with Gasteiger partial charge in [0.15, 0.2) is 23.4 Å². The Morgan fingerprint density at radius 2 is 2.09 bits per heavy atom. The summed E-state index contributed by atoms with van der Waals surface area (Å²) in [5.74, 6) is 2.38. The first-order chi connectivity index (χ1) is 15.0. The molecule has 8 nitrogen and oxygen atoms in total. The minimum absolute atomic E-state index is 0. The van der Waals surface area contributed by atoms with Gasteiger partial charge in [0.2, 0.25) is 5.89 Å². The Morgan fingerprint density at radius 1 is 1.34 bits per heavy atom. The molecular weight excluding hydrogens is 526 g/mol. The van der Waals surface area contributed by atoms with Gasteiger partial charge in [-0.1, -0.05) is 25.1 Å². The SMILES string of the molecule is CN=C(NCCc1nc(C(C)C)no1)NC1CCN(Cc2ccc(OC)c(F)c2)CC1.I. The third-order valence-corrected chi connectivity index (χ3v) is 5.41. The molecule has 0 atom stereocenters. The van der Waals surface area contributed by atoms with E-state index in [1.54, 1.807) is 19.2 Å². The summed E-state index contributed by atoms with van der Waals surface area (Å²) in [7, 11) is 3.25. The summed E-state index contributed by atoms with van der Waals surface area (Å²) in [4.78, 5) is 11.1. The number of hydrogen-bond acceptors (Lipinski definition) is 6. The predicted octanol–water partition coefficient (Wildman–Crippen LogP) is 3.33. The molecule has 10 heteroatoms. The van der Waals surface area contributed by atoms with Gasteiger partial charge in [-0.15, -0.1) is 24.0 Å². The molecule has 0 radical (unpaired) electrons. The lowest BCUT2D eigenvalue weighted by molar-refractivity contribution is 0.198. The Hall–Kier alpha value is -1.95. The van der Waals surface area contributed by atoms with Crippen molar-refractivity contribution in [2.45, 2.75) is 51.6 Å². The third kappa shape index (κ3) is 7.58. The summed E-state index contributed by atoms with van der Waals surface area (Å²) in [5.41, 5.74) is 0.962. The standard InChI is InChI=1S/C22H33FN6O2.HI/c1-15(2)21-27-20(31-28-21)7-10-25-22(24-3)26-17-8-11-29(12-9-17)14-16-5-6-19(30-4)18(23)13-16;/h5-6,13,15,17H,7-12,14H2,1-4H3,(H2,24,25,26);1H. The normalized spacial score (nSPS) is 15.5. The highest BCUT2D eigenvalue weighted by Crippen LogP contribution is 2.20. The molecule has 2 heterocycles. The molecule has 3 rings (SSSR count). The molecule has 0 aliphatic carbocycles. The molecule has 0 saturated carbocycles. The van der Waals surface area contributed by atoms with Gasteiger partial charge in [-0.3, -0.25) is 9.89 Å². The molecule has 2 aromatic rings. The molecule has 1 saturated heterocycles. The summed E-state index contributed by atoms with van der Waals surface area (Å²) in [6.45, 7) is 7.38. The van der Waals surface area contributed by atoms with E-state index in [9.17, 15) is 4.39 Å². The molecule has 0 unspecified atom stereocenters. The second-order valence-electron chi connectivity index (χ2n) is 8.11. The molecule has 1 aliphatic heterocycles. The largest absolute Gasteiger partial charge is 0.494 e. The van der Waals surface area contributed by atoms with Crippen molar-refractivity contribution in [2.75, 3.05) is 33.8 Å². The van der Waals surface area contributed by atoms with Crippen LogP contribution in [0.3, 0.4) is 0 Å². The number of hydrogen-bond donors (Lipinski definition) is 2. The highest BCUT2D eigenvalue weighted by atomic mass is 127. The van der Waals surface area contributed by atoms with Crippen molar-refractivity contribution in [3.8, 4) is 5.75 Å². The number of rotatable bonds is 8. The fourth-order valence-corrected chi connectivity index (χ4v) is 3.58. The highest BCUT2D eigenvalue weighted by molar-refractivity contribution is 14.0. The lowest BCUT2D eigenvalue weighted by Crippen LogP contribution is -2.48. The maximum absolute atomic E-state index is 13.9. The van der Waals surface area contributed by atoms with Crippen LogP contribution in [-0.2, 0) is 13.0 Å². The number of piperidine rings is 1. The van der Waals surface area contributed by atoms with Crippen LogP contribution in [0.2, 0.25) is 0 Å². The maximum Gasteiger partial charge on any atom is 0.228 e.